The molecular formula is C24H25N3O2. The van der Waals surface area contributed by atoms with Crippen LogP contribution in [0.3, 0.4) is 0 Å². The van der Waals surface area contributed by atoms with E-state index in [1.165, 1.54) is 5.56 Å². The van der Waals surface area contributed by atoms with Crippen LogP contribution in [0.2, 0.25) is 0 Å². The lowest BCUT2D eigenvalue weighted by atomic mass is 10.1. The van der Waals surface area contributed by atoms with Gasteiger partial charge in [0.15, 0.2) is 0 Å². The minimum atomic E-state index is -0.299. The van der Waals surface area contributed by atoms with Crippen molar-refractivity contribution >= 4 is 11.8 Å². The summed E-state index contributed by atoms with van der Waals surface area (Å²) >= 11 is 0. The maximum Gasteiger partial charge on any atom is 0.270 e. The van der Waals surface area contributed by atoms with Crippen molar-refractivity contribution in [1.82, 2.24) is 15.6 Å². The molecule has 5 nitrogen and oxygen atoms in total. The lowest BCUT2D eigenvalue weighted by Gasteiger charge is -2.09. The molecule has 148 valence electrons. The number of nitrogens with one attached hydrogen (secondary N) is 2. The molecule has 2 aromatic carbocycles. The van der Waals surface area contributed by atoms with Crippen molar-refractivity contribution in [2.45, 2.75) is 26.3 Å². The minimum absolute atomic E-state index is 0.232. The number of nitrogens with zero attached hydrogens (tertiary/aromatic N) is 1. The molecule has 0 unspecified atom stereocenters. The van der Waals surface area contributed by atoms with Crippen LogP contribution in [0, 0.1) is 6.92 Å². The van der Waals surface area contributed by atoms with Crippen LogP contribution >= 0.6 is 0 Å². The second-order valence-corrected chi connectivity index (χ2v) is 6.86. The Labute approximate surface area is 171 Å². The van der Waals surface area contributed by atoms with Crippen LogP contribution in [-0.4, -0.2) is 23.3 Å². The first kappa shape index (κ1) is 20.3. The molecule has 0 aliphatic heterocycles. The monoisotopic (exact) mass is 387 g/mol. The number of aryl methyl sites for hydroxylation is 2. The van der Waals surface area contributed by atoms with Crippen molar-refractivity contribution in [1.29, 1.82) is 0 Å². The zero-order valence-corrected chi connectivity index (χ0v) is 16.5. The summed E-state index contributed by atoms with van der Waals surface area (Å²) in [5, 5.41) is 5.73. The van der Waals surface area contributed by atoms with Gasteiger partial charge >= 0.3 is 0 Å². The Morgan fingerprint density at radius 2 is 1.45 bits per heavy atom. The van der Waals surface area contributed by atoms with Gasteiger partial charge < -0.3 is 10.6 Å². The van der Waals surface area contributed by atoms with E-state index in [0.29, 0.717) is 13.1 Å². The van der Waals surface area contributed by atoms with E-state index in [4.69, 9.17) is 0 Å². The van der Waals surface area contributed by atoms with E-state index < -0.39 is 0 Å². The number of carbonyl (C=O) groups is 2. The van der Waals surface area contributed by atoms with Gasteiger partial charge in [0, 0.05) is 13.1 Å². The van der Waals surface area contributed by atoms with E-state index >= 15 is 0 Å². The normalized spacial score (nSPS) is 10.4. The van der Waals surface area contributed by atoms with E-state index in [2.05, 4.69) is 27.8 Å². The van der Waals surface area contributed by atoms with Crippen LogP contribution in [0.25, 0.3) is 0 Å². The molecule has 0 radical (unpaired) electrons. The first-order valence-corrected chi connectivity index (χ1v) is 9.75. The van der Waals surface area contributed by atoms with Gasteiger partial charge in [0.1, 0.15) is 11.4 Å². The van der Waals surface area contributed by atoms with Crippen LogP contribution in [0.15, 0.2) is 72.8 Å². The fraction of sp³-hybridized carbons (Fsp3) is 0.208. The molecule has 1 aromatic heterocycles. The highest BCUT2D eigenvalue weighted by Crippen LogP contribution is 2.07. The Bertz CT molecular complexity index is 971. The molecule has 0 saturated carbocycles. The Hall–Kier alpha value is -3.47. The fourth-order valence-electron chi connectivity index (χ4n) is 2.99. The smallest absolute Gasteiger partial charge is 0.270 e. The molecule has 2 N–H and O–H groups in total. The summed E-state index contributed by atoms with van der Waals surface area (Å²) in [6, 6.07) is 22.9. The van der Waals surface area contributed by atoms with Crippen LogP contribution in [0.1, 0.15) is 44.1 Å². The third-order valence-corrected chi connectivity index (χ3v) is 4.69. The third-order valence-electron chi connectivity index (χ3n) is 4.69. The van der Waals surface area contributed by atoms with E-state index in [-0.39, 0.29) is 23.2 Å². The molecule has 0 aliphatic rings. The van der Waals surface area contributed by atoms with Gasteiger partial charge in [0.05, 0.1) is 0 Å². The number of benzene rings is 2. The largest absolute Gasteiger partial charge is 0.351 e. The van der Waals surface area contributed by atoms with Gasteiger partial charge in [0.25, 0.3) is 11.8 Å². The Kier molecular flexibility index (Phi) is 7.11. The summed E-state index contributed by atoms with van der Waals surface area (Å²) in [5.74, 6) is -0.571. The molecule has 3 aromatic rings. The highest BCUT2D eigenvalue weighted by molar-refractivity contribution is 5.96. The third kappa shape index (κ3) is 6.01. The standard InChI is InChI=1S/C24H25N3O2/c1-18-9-5-6-13-20(18)17-26-24(29)22-15-7-14-21(27-22)23(28)25-16-8-12-19-10-3-2-4-11-19/h2-7,9-11,13-15H,8,12,16-17H2,1H3,(H,25,28)(H,26,29). The maximum absolute atomic E-state index is 12.4. The molecule has 0 aliphatic carbocycles. The highest BCUT2D eigenvalue weighted by atomic mass is 16.2. The number of hydrogen-bond acceptors (Lipinski definition) is 3. The Morgan fingerprint density at radius 3 is 2.17 bits per heavy atom. The predicted molar refractivity (Wildman–Crippen MR) is 114 cm³/mol. The zero-order valence-electron chi connectivity index (χ0n) is 16.5. The van der Waals surface area contributed by atoms with Gasteiger partial charge in [0.2, 0.25) is 0 Å². The minimum Gasteiger partial charge on any atom is -0.351 e. The summed E-state index contributed by atoms with van der Waals surface area (Å²) in [6.07, 6.45) is 1.74. The molecule has 0 bridgehead atoms. The van der Waals surface area contributed by atoms with E-state index in [1.807, 2.05) is 49.4 Å². The molecule has 0 spiro atoms. The van der Waals surface area contributed by atoms with E-state index in [0.717, 1.165) is 24.0 Å². The van der Waals surface area contributed by atoms with Crippen molar-refractivity contribution < 1.29 is 9.59 Å². The van der Waals surface area contributed by atoms with Crippen molar-refractivity contribution in [2.24, 2.45) is 0 Å². The molecule has 1 heterocycles. The summed E-state index contributed by atoms with van der Waals surface area (Å²) < 4.78 is 0. The molecule has 2 amide bonds. The number of pyridine rings is 1. The van der Waals surface area contributed by atoms with E-state index in [9.17, 15) is 9.59 Å². The Balaban J connectivity index is 1.50. The molecular weight excluding hydrogens is 362 g/mol. The lowest BCUT2D eigenvalue weighted by Crippen LogP contribution is -2.28. The SMILES string of the molecule is Cc1ccccc1CNC(=O)c1cccc(C(=O)NCCCc2ccccc2)n1. The number of carbonyl (C=O) groups excluding carboxylic acids is 2. The highest BCUT2D eigenvalue weighted by Gasteiger charge is 2.12. The summed E-state index contributed by atoms with van der Waals surface area (Å²) in [4.78, 5) is 29.0. The number of hydrogen-bond donors (Lipinski definition) is 2. The van der Waals surface area contributed by atoms with Gasteiger partial charge in [-0.05, 0) is 48.6 Å². The van der Waals surface area contributed by atoms with Crippen LogP contribution in [0.4, 0.5) is 0 Å². The van der Waals surface area contributed by atoms with Crippen LogP contribution in [0.5, 0.6) is 0 Å². The fourth-order valence-corrected chi connectivity index (χ4v) is 2.99. The number of aromatic nitrogens is 1. The van der Waals surface area contributed by atoms with Crippen LogP contribution in [-0.2, 0) is 13.0 Å². The summed E-state index contributed by atoms with van der Waals surface area (Å²) in [7, 11) is 0. The number of amides is 2. The predicted octanol–water partition coefficient (Wildman–Crippen LogP) is 3.68. The van der Waals surface area contributed by atoms with Crippen molar-refractivity contribution in [3.8, 4) is 0 Å². The first-order valence-electron chi connectivity index (χ1n) is 9.75. The summed E-state index contributed by atoms with van der Waals surface area (Å²) in [6.45, 7) is 2.98. The van der Waals surface area contributed by atoms with E-state index in [1.54, 1.807) is 18.2 Å². The van der Waals surface area contributed by atoms with Crippen molar-refractivity contribution in [3.05, 3.63) is 101 Å². The Morgan fingerprint density at radius 1 is 0.793 bits per heavy atom. The van der Waals surface area contributed by atoms with Gasteiger partial charge in [-0.1, -0.05) is 60.7 Å². The maximum atomic E-state index is 12.4. The lowest BCUT2D eigenvalue weighted by molar-refractivity contribution is 0.0942. The van der Waals surface area contributed by atoms with Crippen LogP contribution < -0.4 is 10.6 Å². The van der Waals surface area contributed by atoms with Gasteiger partial charge in [-0.15, -0.1) is 0 Å². The second kappa shape index (κ2) is 10.2. The molecule has 0 atom stereocenters. The molecule has 3 rings (SSSR count). The second-order valence-electron chi connectivity index (χ2n) is 6.86. The van der Waals surface area contributed by atoms with Crippen molar-refractivity contribution in [2.75, 3.05) is 6.54 Å². The average molecular weight is 387 g/mol. The molecule has 29 heavy (non-hydrogen) atoms. The average Bonchev–Trinajstić information content (AvgIpc) is 2.76. The number of rotatable bonds is 8. The topological polar surface area (TPSA) is 71.1 Å². The van der Waals surface area contributed by atoms with Crippen molar-refractivity contribution in [3.63, 3.8) is 0 Å². The van der Waals surface area contributed by atoms with Gasteiger partial charge in [-0.25, -0.2) is 4.98 Å². The van der Waals surface area contributed by atoms with Gasteiger partial charge in [-0.3, -0.25) is 9.59 Å². The summed E-state index contributed by atoms with van der Waals surface area (Å²) in [5.41, 5.74) is 3.88. The zero-order chi connectivity index (χ0) is 20.5. The molecule has 5 heteroatoms. The molecule has 0 saturated heterocycles. The molecule has 0 fully saturated rings. The van der Waals surface area contributed by atoms with Gasteiger partial charge in [-0.2, -0.15) is 0 Å². The quantitative estimate of drug-likeness (QED) is 0.579. The first-order chi connectivity index (χ1) is 14.1.